The molecule has 1 amide bonds. The van der Waals surface area contributed by atoms with Crippen molar-refractivity contribution in [3.05, 3.63) is 83.9 Å². The molecule has 38 heavy (non-hydrogen) atoms. The molecule has 0 radical (unpaired) electrons. The van der Waals surface area contributed by atoms with E-state index in [1.807, 2.05) is 6.07 Å². The van der Waals surface area contributed by atoms with Gasteiger partial charge in [0.15, 0.2) is 11.5 Å². The first-order chi connectivity index (χ1) is 18.0. The van der Waals surface area contributed by atoms with Crippen molar-refractivity contribution in [2.75, 3.05) is 28.3 Å². The van der Waals surface area contributed by atoms with Crippen molar-refractivity contribution < 1.29 is 31.1 Å². The number of carbonyl (C=O) groups excluding carboxylic acids is 1. The maximum atomic E-state index is 13.2. The number of nitrogens with one attached hydrogen (secondary N) is 2. The van der Waals surface area contributed by atoms with Crippen LogP contribution in [0.5, 0.6) is 11.5 Å². The van der Waals surface area contributed by atoms with E-state index in [4.69, 9.17) is 9.47 Å². The van der Waals surface area contributed by atoms with Crippen LogP contribution in [0.2, 0.25) is 0 Å². The maximum absolute atomic E-state index is 13.2. The summed E-state index contributed by atoms with van der Waals surface area (Å²) in [7, 11) is -1.96. The normalized spacial score (nSPS) is 12.7. The smallest absolute Gasteiger partial charge is 0.242 e. The van der Waals surface area contributed by atoms with Gasteiger partial charge in [-0.15, -0.1) is 0 Å². The number of methoxy groups -OCH3 is 2. The average molecular weight is 562 g/mol. The lowest BCUT2D eigenvalue weighted by Crippen LogP contribution is -2.47. The second-order valence-corrected chi connectivity index (χ2v) is 12.4. The first-order valence-corrected chi connectivity index (χ1v) is 14.5. The predicted octanol–water partition coefficient (Wildman–Crippen LogP) is 2.16. The van der Waals surface area contributed by atoms with Crippen molar-refractivity contribution in [2.24, 2.45) is 0 Å². The summed E-state index contributed by atoms with van der Waals surface area (Å²) in [6.07, 6.45) is 0.110. The van der Waals surface area contributed by atoms with Crippen molar-refractivity contribution in [1.29, 1.82) is 0 Å². The van der Waals surface area contributed by atoms with Crippen molar-refractivity contribution in [1.82, 2.24) is 14.3 Å². The van der Waals surface area contributed by atoms with E-state index in [1.165, 1.54) is 58.6 Å². The summed E-state index contributed by atoms with van der Waals surface area (Å²) in [4.78, 5) is 13.2. The Morgan fingerprint density at radius 2 is 1.42 bits per heavy atom. The summed E-state index contributed by atoms with van der Waals surface area (Å²) in [5, 5.41) is 2.74. The lowest BCUT2D eigenvalue weighted by atomic mass is 10.1. The van der Waals surface area contributed by atoms with Crippen LogP contribution in [0.15, 0.2) is 82.6 Å². The van der Waals surface area contributed by atoms with Crippen molar-refractivity contribution in [3.63, 3.8) is 0 Å². The van der Waals surface area contributed by atoms with E-state index in [9.17, 15) is 21.6 Å². The minimum absolute atomic E-state index is 0.0739. The van der Waals surface area contributed by atoms with E-state index in [1.54, 1.807) is 36.4 Å². The van der Waals surface area contributed by atoms with Gasteiger partial charge in [-0.05, 0) is 41.8 Å². The molecule has 204 valence electrons. The Morgan fingerprint density at radius 3 is 2.00 bits per heavy atom. The van der Waals surface area contributed by atoms with E-state index in [0.717, 1.165) is 9.87 Å². The van der Waals surface area contributed by atoms with Crippen molar-refractivity contribution in [2.45, 2.75) is 28.8 Å². The van der Waals surface area contributed by atoms with Crippen LogP contribution in [0.4, 0.5) is 0 Å². The molecule has 0 aliphatic carbocycles. The van der Waals surface area contributed by atoms with Gasteiger partial charge in [-0.2, -0.15) is 4.72 Å². The Morgan fingerprint density at radius 1 is 0.816 bits per heavy atom. The summed E-state index contributed by atoms with van der Waals surface area (Å²) in [6.45, 7) is 0.0739. The maximum Gasteiger partial charge on any atom is 0.242 e. The molecule has 0 heterocycles. The Kier molecular flexibility index (Phi) is 9.50. The highest BCUT2D eigenvalue weighted by Crippen LogP contribution is 2.29. The molecule has 1 atom stereocenters. The van der Waals surface area contributed by atoms with E-state index in [2.05, 4.69) is 10.0 Å². The summed E-state index contributed by atoms with van der Waals surface area (Å²) < 4.78 is 65.0. The molecule has 0 aliphatic heterocycles. The van der Waals surface area contributed by atoms with Crippen molar-refractivity contribution in [3.8, 4) is 11.5 Å². The molecule has 0 aliphatic rings. The van der Waals surface area contributed by atoms with Crippen molar-refractivity contribution >= 4 is 26.0 Å². The highest BCUT2D eigenvalue weighted by molar-refractivity contribution is 7.89. The largest absolute Gasteiger partial charge is 0.493 e. The molecule has 0 bridgehead atoms. The minimum Gasteiger partial charge on any atom is -0.493 e. The summed E-state index contributed by atoms with van der Waals surface area (Å²) in [5.74, 6) is 0.0662. The fourth-order valence-corrected chi connectivity index (χ4v) is 5.69. The van der Waals surface area contributed by atoms with Gasteiger partial charge in [-0.3, -0.25) is 4.79 Å². The number of hydrogen-bond acceptors (Lipinski definition) is 7. The van der Waals surface area contributed by atoms with Gasteiger partial charge in [-0.1, -0.05) is 42.5 Å². The van der Waals surface area contributed by atoms with E-state index < -0.39 is 32.0 Å². The number of amides is 1. The van der Waals surface area contributed by atoms with Gasteiger partial charge in [0.25, 0.3) is 0 Å². The van der Waals surface area contributed by atoms with Crippen LogP contribution < -0.4 is 19.5 Å². The number of carbonyl (C=O) groups is 1. The van der Waals surface area contributed by atoms with Crippen LogP contribution in [-0.2, 0) is 37.8 Å². The molecular weight excluding hydrogens is 530 g/mol. The quantitative estimate of drug-likeness (QED) is 0.347. The van der Waals surface area contributed by atoms with Crippen LogP contribution >= 0.6 is 0 Å². The van der Waals surface area contributed by atoms with Gasteiger partial charge in [0.05, 0.1) is 24.0 Å². The molecule has 3 rings (SSSR count). The molecule has 3 aromatic carbocycles. The highest BCUT2D eigenvalue weighted by atomic mass is 32.2. The Bertz CT molecular complexity index is 1460. The third-order valence-corrected chi connectivity index (χ3v) is 9.03. The zero-order valence-electron chi connectivity index (χ0n) is 21.5. The third-order valence-electron chi connectivity index (χ3n) is 5.73. The number of sulfonamides is 2. The molecule has 0 spiro atoms. The van der Waals surface area contributed by atoms with Gasteiger partial charge in [0.2, 0.25) is 26.0 Å². The third kappa shape index (κ3) is 7.10. The van der Waals surface area contributed by atoms with Gasteiger partial charge >= 0.3 is 0 Å². The van der Waals surface area contributed by atoms with E-state index in [-0.39, 0.29) is 28.5 Å². The lowest BCUT2D eigenvalue weighted by Gasteiger charge is -2.19. The molecule has 0 saturated heterocycles. The Hall–Kier alpha value is -3.45. The molecule has 12 heteroatoms. The Labute approximate surface area is 223 Å². The Balaban J connectivity index is 1.80. The number of rotatable bonds is 12. The topological polar surface area (TPSA) is 131 Å². The van der Waals surface area contributed by atoms with E-state index >= 15 is 0 Å². The van der Waals surface area contributed by atoms with Crippen LogP contribution in [0.25, 0.3) is 0 Å². The minimum atomic E-state index is -4.11. The average Bonchev–Trinajstić information content (AvgIpc) is 2.91. The van der Waals surface area contributed by atoms with Crippen LogP contribution in [0, 0.1) is 0 Å². The molecule has 3 aromatic rings. The first kappa shape index (κ1) is 29.1. The zero-order chi connectivity index (χ0) is 27.9. The number of ether oxygens (including phenoxy) is 2. The first-order valence-electron chi connectivity index (χ1n) is 11.6. The molecular formula is C26H31N3O7S2. The second kappa shape index (κ2) is 12.4. The van der Waals surface area contributed by atoms with Gasteiger partial charge < -0.3 is 14.8 Å². The molecule has 1 unspecified atom stereocenters. The predicted molar refractivity (Wildman–Crippen MR) is 143 cm³/mol. The summed E-state index contributed by atoms with van der Waals surface area (Å²) in [5.41, 5.74) is 1.41. The monoisotopic (exact) mass is 561 g/mol. The SMILES string of the molecule is COc1ccc(S(=O)(=O)NC(Cc2ccccc2)C(=O)NCc2ccc(S(=O)(=O)N(C)C)cc2)cc1OC. The summed E-state index contributed by atoms with van der Waals surface area (Å²) >= 11 is 0. The number of nitrogens with zero attached hydrogens (tertiary/aromatic N) is 1. The number of hydrogen-bond donors (Lipinski definition) is 2. The lowest BCUT2D eigenvalue weighted by molar-refractivity contribution is -0.122. The molecule has 0 saturated carbocycles. The number of benzene rings is 3. The van der Waals surface area contributed by atoms with Gasteiger partial charge in [0.1, 0.15) is 6.04 Å². The van der Waals surface area contributed by atoms with Gasteiger partial charge in [0, 0.05) is 26.7 Å². The second-order valence-electron chi connectivity index (χ2n) is 8.53. The van der Waals surface area contributed by atoms with Crippen LogP contribution in [0.3, 0.4) is 0 Å². The van der Waals surface area contributed by atoms with E-state index in [0.29, 0.717) is 11.3 Å². The highest BCUT2D eigenvalue weighted by Gasteiger charge is 2.27. The molecule has 0 aromatic heterocycles. The van der Waals surface area contributed by atoms with Gasteiger partial charge in [-0.25, -0.2) is 21.1 Å². The fraction of sp³-hybridized carbons (Fsp3) is 0.269. The summed E-state index contributed by atoms with van der Waals surface area (Å²) in [6, 6.07) is 18.2. The standard InChI is InChI=1S/C26H31N3O7S2/c1-29(2)38(33,34)21-12-10-20(11-13-21)18-27-26(30)23(16-19-8-6-5-7-9-19)28-37(31,32)22-14-15-24(35-3)25(17-22)36-4/h5-15,17,23,28H,16,18H2,1-4H3,(H,27,30). The fourth-order valence-electron chi connectivity index (χ4n) is 3.58. The van der Waals surface area contributed by atoms with Crippen LogP contribution in [0.1, 0.15) is 11.1 Å². The molecule has 10 nitrogen and oxygen atoms in total. The molecule has 0 fully saturated rings. The molecule has 2 N–H and O–H groups in total. The zero-order valence-corrected chi connectivity index (χ0v) is 23.2. The van der Waals surface area contributed by atoms with Crippen LogP contribution in [-0.4, -0.2) is 61.4 Å².